The van der Waals surface area contributed by atoms with Crippen LogP contribution in [0.3, 0.4) is 0 Å². The normalized spacial score (nSPS) is 22.1. The molecule has 39 heavy (non-hydrogen) atoms. The molecule has 1 saturated heterocycles. The van der Waals surface area contributed by atoms with Crippen LogP contribution >= 0.6 is 27.5 Å². The smallest absolute Gasteiger partial charge is 0.187 e. The Morgan fingerprint density at radius 2 is 1.44 bits per heavy atom. The minimum Gasteiger partial charge on any atom is -0.293 e. The highest BCUT2D eigenvalue weighted by molar-refractivity contribution is 9.10. The predicted octanol–water partition coefficient (Wildman–Crippen LogP) is 6.91. The molecule has 0 radical (unpaired) electrons. The SMILES string of the molecule is O=C(c1ccc(Cl)cc1)[C@H]1[C@@H](c2ccc(Br)cc2)C2(C(=O)c3ccccc3C2=O)[C@H]2c3ccccc3C=NN12. The molecule has 7 rings (SSSR count). The van der Waals surface area contributed by atoms with E-state index in [1.54, 1.807) is 59.8 Å². The van der Waals surface area contributed by atoms with Gasteiger partial charge in [-0.2, -0.15) is 5.10 Å². The largest absolute Gasteiger partial charge is 0.293 e. The van der Waals surface area contributed by atoms with E-state index >= 15 is 0 Å². The first-order valence-electron chi connectivity index (χ1n) is 12.6. The number of fused-ring (bicyclic) bond motifs is 5. The monoisotopic (exact) mass is 594 g/mol. The predicted molar refractivity (Wildman–Crippen MR) is 153 cm³/mol. The lowest BCUT2D eigenvalue weighted by Crippen LogP contribution is -2.43. The van der Waals surface area contributed by atoms with Crippen molar-refractivity contribution < 1.29 is 14.4 Å². The Kier molecular flexibility index (Phi) is 5.48. The molecule has 2 aliphatic heterocycles. The van der Waals surface area contributed by atoms with Gasteiger partial charge in [0.2, 0.25) is 0 Å². The lowest BCUT2D eigenvalue weighted by atomic mass is 9.63. The Bertz CT molecular complexity index is 1680. The molecule has 0 bridgehead atoms. The van der Waals surface area contributed by atoms with Crippen molar-refractivity contribution in [3.63, 3.8) is 0 Å². The molecule has 0 aromatic heterocycles. The lowest BCUT2D eigenvalue weighted by molar-refractivity contribution is 0.0586. The van der Waals surface area contributed by atoms with Gasteiger partial charge in [-0.3, -0.25) is 19.4 Å². The molecule has 190 valence electrons. The van der Waals surface area contributed by atoms with Crippen LogP contribution in [0.1, 0.15) is 59.7 Å². The summed E-state index contributed by atoms with van der Waals surface area (Å²) in [5, 5.41) is 6.98. The number of ketones is 3. The molecule has 0 saturated carbocycles. The number of carbonyl (C=O) groups is 3. The summed E-state index contributed by atoms with van der Waals surface area (Å²) < 4.78 is 0.854. The molecule has 0 unspecified atom stereocenters. The fourth-order valence-corrected chi connectivity index (χ4v) is 6.99. The molecule has 0 amide bonds. The maximum Gasteiger partial charge on any atom is 0.187 e. The van der Waals surface area contributed by atoms with E-state index in [4.69, 9.17) is 16.7 Å². The van der Waals surface area contributed by atoms with Gasteiger partial charge < -0.3 is 0 Å². The number of Topliss-reactive ketones (excluding diaryl/α,β-unsaturated/α-hetero) is 3. The summed E-state index contributed by atoms with van der Waals surface area (Å²) in [6.45, 7) is 0. The summed E-state index contributed by atoms with van der Waals surface area (Å²) in [6.07, 6.45) is 1.71. The molecular formula is C32H20BrClN2O3. The Hall–Kier alpha value is -3.87. The first-order valence-corrected chi connectivity index (χ1v) is 13.7. The number of hydrogen-bond donors (Lipinski definition) is 0. The van der Waals surface area contributed by atoms with Crippen molar-refractivity contribution >= 4 is 51.1 Å². The molecule has 1 spiro atoms. The summed E-state index contributed by atoms with van der Waals surface area (Å²) >= 11 is 9.63. The molecule has 5 nitrogen and oxygen atoms in total. The Labute approximate surface area is 238 Å². The average molecular weight is 596 g/mol. The number of hydrazone groups is 1. The second-order valence-electron chi connectivity index (χ2n) is 10.1. The van der Waals surface area contributed by atoms with Crippen LogP contribution in [-0.4, -0.2) is 34.6 Å². The number of nitrogens with zero attached hydrogens (tertiary/aromatic N) is 2. The van der Waals surface area contributed by atoms with Crippen LogP contribution in [0.5, 0.6) is 0 Å². The van der Waals surface area contributed by atoms with E-state index in [9.17, 15) is 14.4 Å². The summed E-state index contributed by atoms with van der Waals surface area (Å²) in [5.41, 5.74) is 1.97. The van der Waals surface area contributed by atoms with Gasteiger partial charge in [-0.15, -0.1) is 0 Å². The van der Waals surface area contributed by atoms with E-state index in [0.717, 1.165) is 21.2 Å². The topological polar surface area (TPSA) is 66.8 Å². The number of carbonyl (C=O) groups excluding carboxylic acids is 3. The van der Waals surface area contributed by atoms with Crippen molar-refractivity contribution in [2.45, 2.75) is 18.0 Å². The molecule has 0 N–H and O–H groups in total. The second-order valence-corrected chi connectivity index (χ2v) is 11.4. The average Bonchev–Trinajstić information content (AvgIpc) is 3.40. The first-order chi connectivity index (χ1) is 18.9. The van der Waals surface area contributed by atoms with Crippen molar-refractivity contribution in [1.82, 2.24) is 5.01 Å². The quantitative estimate of drug-likeness (QED) is 0.191. The van der Waals surface area contributed by atoms with Crippen LogP contribution < -0.4 is 0 Å². The van der Waals surface area contributed by atoms with Crippen LogP contribution in [0.25, 0.3) is 0 Å². The number of benzene rings is 4. The molecule has 3 aliphatic rings. The molecule has 7 heteroatoms. The van der Waals surface area contributed by atoms with Gasteiger partial charge in [0, 0.05) is 32.1 Å². The summed E-state index contributed by atoms with van der Waals surface area (Å²) in [5.74, 6) is -1.57. The van der Waals surface area contributed by atoms with Gasteiger partial charge >= 0.3 is 0 Å². The van der Waals surface area contributed by atoms with Gasteiger partial charge in [0.25, 0.3) is 0 Å². The zero-order valence-electron chi connectivity index (χ0n) is 20.4. The van der Waals surface area contributed by atoms with Gasteiger partial charge in [-0.05, 0) is 53.1 Å². The van der Waals surface area contributed by atoms with E-state index in [-0.39, 0.29) is 17.3 Å². The van der Waals surface area contributed by atoms with Crippen LogP contribution in [0.4, 0.5) is 0 Å². The Morgan fingerprint density at radius 1 is 0.821 bits per heavy atom. The maximum atomic E-state index is 14.7. The van der Waals surface area contributed by atoms with Gasteiger partial charge in [-0.1, -0.05) is 88.2 Å². The highest BCUT2D eigenvalue weighted by atomic mass is 79.9. The number of hydrogen-bond acceptors (Lipinski definition) is 5. The lowest BCUT2D eigenvalue weighted by Gasteiger charge is -2.36. The summed E-state index contributed by atoms with van der Waals surface area (Å²) in [6, 6.07) is 27.1. The Morgan fingerprint density at radius 3 is 2.10 bits per heavy atom. The van der Waals surface area contributed by atoms with Crippen molar-refractivity contribution in [3.05, 3.63) is 140 Å². The van der Waals surface area contributed by atoms with Crippen molar-refractivity contribution in [2.24, 2.45) is 10.5 Å². The van der Waals surface area contributed by atoms with E-state index in [1.165, 1.54) is 0 Å². The second kappa shape index (κ2) is 8.83. The molecule has 4 aromatic rings. The molecule has 4 aromatic carbocycles. The minimum absolute atomic E-state index is 0.227. The van der Waals surface area contributed by atoms with Gasteiger partial charge in [0.05, 0.1) is 12.3 Å². The van der Waals surface area contributed by atoms with E-state index in [2.05, 4.69) is 15.9 Å². The van der Waals surface area contributed by atoms with Gasteiger partial charge in [-0.25, -0.2) is 0 Å². The van der Waals surface area contributed by atoms with Gasteiger partial charge in [0.15, 0.2) is 17.3 Å². The fraction of sp³-hybridized carbons (Fsp3) is 0.125. The van der Waals surface area contributed by atoms with Crippen molar-refractivity contribution in [1.29, 1.82) is 0 Å². The van der Waals surface area contributed by atoms with Gasteiger partial charge in [0.1, 0.15) is 11.5 Å². The van der Waals surface area contributed by atoms with Crippen LogP contribution in [0.15, 0.2) is 107 Å². The summed E-state index contributed by atoms with van der Waals surface area (Å²) in [4.78, 5) is 43.7. The van der Waals surface area contributed by atoms with Crippen molar-refractivity contribution in [2.75, 3.05) is 0 Å². The standard InChI is InChI=1S/C32H20BrClN2O3/c33-21-13-9-18(10-14-21)26-27(28(37)19-11-15-22(34)16-12-19)36-29(23-6-2-1-5-20(23)17-35-36)32(26)30(38)24-7-3-4-8-25(24)31(32)39/h1-17,26-27,29H/t26-,27-,29-/m1/s1. The van der Waals surface area contributed by atoms with E-state index < -0.39 is 23.4 Å². The molecule has 3 atom stereocenters. The van der Waals surface area contributed by atoms with Crippen molar-refractivity contribution in [3.8, 4) is 0 Å². The third kappa shape index (κ3) is 3.31. The molecule has 2 heterocycles. The highest BCUT2D eigenvalue weighted by Gasteiger charge is 2.72. The molecule has 1 aliphatic carbocycles. The summed E-state index contributed by atoms with van der Waals surface area (Å²) in [7, 11) is 0. The zero-order valence-corrected chi connectivity index (χ0v) is 22.8. The fourth-order valence-electron chi connectivity index (χ4n) is 6.60. The van der Waals surface area contributed by atoms with E-state index in [0.29, 0.717) is 21.7 Å². The van der Waals surface area contributed by atoms with Crippen LogP contribution in [-0.2, 0) is 0 Å². The minimum atomic E-state index is -1.59. The number of halogens is 2. The molecule has 1 fully saturated rings. The van der Waals surface area contributed by atoms with Crippen LogP contribution in [0.2, 0.25) is 5.02 Å². The maximum absolute atomic E-state index is 14.7. The zero-order chi connectivity index (χ0) is 26.9. The first kappa shape index (κ1) is 24.2. The highest BCUT2D eigenvalue weighted by Crippen LogP contribution is 2.64. The third-order valence-corrected chi connectivity index (χ3v) is 8.98. The Balaban J connectivity index is 1.55. The third-order valence-electron chi connectivity index (χ3n) is 8.20. The van der Waals surface area contributed by atoms with Crippen LogP contribution in [0, 0.1) is 5.41 Å². The van der Waals surface area contributed by atoms with E-state index in [1.807, 2.05) is 48.5 Å². The molecular weight excluding hydrogens is 576 g/mol. The number of rotatable bonds is 3.